The Hall–Kier alpha value is -4.91. The molecule has 0 aliphatic carbocycles. The number of carbonyl (C=O) groups is 4. The summed E-state index contributed by atoms with van der Waals surface area (Å²) in [5.74, 6) is -1.06. The number of thioether (sulfide) groups is 1. The smallest absolute Gasteiger partial charge is 0.305 e. The SMILES string of the molecule is COc1ccc(C2SC(CC(=O)O)C(=O)N2NC(=O)c2ccc(NC(=O)c3cc(OC)c(OC)c(OC)c3)cc2)cc1. The molecule has 13 heteroatoms. The first kappa shape index (κ1) is 30.1. The van der Waals surface area contributed by atoms with Crippen molar-refractivity contribution in [1.82, 2.24) is 10.4 Å². The van der Waals surface area contributed by atoms with Gasteiger partial charge >= 0.3 is 5.97 Å². The van der Waals surface area contributed by atoms with E-state index in [0.29, 0.717) is 34.2 Å². The van der Waals surface area contributed by atoms with Gasteiger partial charge in [0.15, 0.2) is 11.5 Å². The van der Waals surface area contributed by atoms with Crippen LogP contribution in [-0.2, 0) is 9.59 Å². The largest absolute Gasteiger partial charge is 0.497 e. The maximum Gasteiger partial charge on any atom is 0.305 e. The van der Waals surface area contributed by atoms with Crippen LogP contribution in [0.3, 0.4) is 0 Å². The summed E-state index contributed by atoms with van der Waals surface area (Å²) in [5, 5.41) is 11.7. The number of hydrogen-bond acceptors (Lipinski definition) is 9. The number of hydrogen-bond donors (Lipinski definition) is 3. The third kappa shape index (κ3) is 6.52. The fourth-order valence-corrected chi connectivity index (χ4v) is 5.62. The third-order valence-corrected chi connectivity index (χ3v) is 7.79. The number of ether oxygens (including phenoxy) is 4. The van der Waals surface area contributed by atoms with E-state index < -0.39 is 34.3 Å². The van der Waals surface area contributed by atoms with Gasteiger partial charge < -0.3 is 29.4 Å². The molecule has 3 aromatic rings. The number of nitrogens with one attached hydrogen (secondary N) is 2. The highest BCUT2D eigenvalue weighted by Gasteiger charge is 2.43. The van der Waals surface area contributed by atoms with E-state index in [1.165, 1.54) is 52.7 Å². The summed E-state index contributed by atoms with van der Waals surface area (Å²) in [6.07, 6.45) is -0.386. The number of rotatable bonds is 11. The standard InChI is InChI=1S/C29H29N3O9S/c1-38-20-11-7-17(8-12-20)29-32(28(37)23(42-29)15-24(33)34)31-27(36)16-5-9-19(10-6-16)30-26(35)18-13-21(39-2)25(41-4)22(14-18)40-3/h5-14,23,29H,15H2,1-4H3,(H,30,35)(H,31,36)(H,33,34). The molecule has 0 spiro atoms. The van der Waals surface area contributed by atoms with Crippen molar-refractivity contribution >= 4 is 41.1 Å². The first-order valence-electron chi connectivity index (χ1n) is 12.6. The second-order valence-corrected chi connectivity index (χ2v) is 10.2. The van der Waals surface area contributed by atoms with Crippen molar-refractivity contribution in [3.63, 3.8) is 0 Å². The van der Waals surface area contributed by atoms with Gasteiger partial charge in [0, 0.05) is 16.8 Å². The van der Waals surface area contributed by atoms with Crippen molar-refractivity contribution in [3.05, 3.63) is 77.4 Å². The monoisotopic (exact) mass is 595 g/mol. The van der Waals surface area contributed by atoms with Crippen LogP contribution in [0.25, 0.3) is 0 Å². The normalized spacial score (nSPS) is 16.0. The summed E-state index contributed by atoms with van der Waals surface area (Å²) in [4.78, 5) is 50.5. The van der Waals surface area contributed by atoms with E-state index in [2.05, 4.69) is 10.7 Å². The zero-order chi connectivity index (χ0) is 30.4. The minimum atomic E-state index is -1.12. The maximum absolute atomic E-state index is 13.1. The molecule has 3 N–H and O–H groups in total. The summed E-state index contributed by atoms with van der Waals surface area (Å²) in [5.41, 5.74) is 4.20. The van der Waals surface area contributed by atoms with Crippen LogP contribution < -0.4 is 29.7 Å². The first-order chi connectivity index (χ1) is 20.2. The van der Waals surface area contributed by atoms with Crippen molar-refractivity contribution in [2.75, 3.05) is 33.8 Å². The van der Waals surface area contributed by atoms with Gasteiger partial charge in [-0.3, -0.25) is 24.6 Å². The highest BCUT2D eigenvalue weighted by Crippen LogP contribution is 2.43. The highest BCUT2D eigenvalue weighted by molar-refractivity contribution is 8.01. The molecular formula is C29H29N3O9S. The van der Waals surface area contributed by atoms with E-state index >= 15 is 0 Å². The maximum atomic E-state index is 13.1. The van der Waals surface area contributed by atoms with E-state index in [1.807, 2.05) is 0 Å². The molecule has 12 nitrogen and oxygen atoms in total. The van der Waals surface area contributed by atoms with Crippen LogP contribution in [0.1, 0.15) is 38.1 Å². The molecule has 1 heterocycles. The Morgan fingerprint density at radius 2 is 1.45 bits per heavy atom. The van der Waals surface area contributed by atoms with Gasteiger partial charge in [-0.1, -0.05) is 12.1 Å². The predicted molar refractivity (Wildman–Crippen MR) is 154 cm³/mol. The lowest BCUT2D eigenvalue weighted by Crippen LogP contribution is -2.46. The number of carboxylic acid groups (broad SMARTS) is 1. The number of amides is 3. The number of benzene rings is 3. The average Bonchev–Trinajstić information content (AvgIpc) is 3.30. The van der Waals surface area contributed by atoms with Gasteiger partial charge in [-0.2, -0.15) is 0 Å². The molecule has 2 unspecified atom stereocenters. The number of carboxylic acids is 1. The Bertz CT molecular complexity index is 1450. The number of methoxy groups -OCH3 is 4. The third-order valence-electron chi connectivity index (χ3n) is 6.36. The molecule has 3 aromatic carbocycles. The summed E-state index contributed by atoms with van der Waals surface area (Å²) in [7, 11) is 5.89. The van der Waals surface area contributed by atoms with E-state index in [1.54, 1.807) is 36.4 Å². The summed E-state index contributed by atoms with van der Waals surface area (Å²) < 4.78 is 21.1. The molecule has 0 aromatic heterocycles. The lowest BCUT2D eigenvalue weighted by molar-refractivity contribution is -0.140. The number of carbonyl (C=O) groups excluding carboxylic acids is 3. The van der Waals surface area contributed by atoms with Gasteiger partial charge in [0.25, 0.3) is 17.7 Å². The van der Waals surface area contributed by atoms with Crippen molar-refractivity contribution in [3.8, 4) is 23.0 Å². The first-order valence-corrected chi connectivity index (χ1v) is 13.5. The van der Waals surface area contributed by atoms with Gasteiger partial charge in [0.2, 0.25) is 5.75 Å². The Balaban J connectivity index is 1.49. The molecule has 4 rings (SSSR count). The number of aliphatic carboxylic acids is 1. The number of nitrogens with zero attached hydrogens (tertiary/aromatic N) is 1. The molecule has 0 saturated carbocycles. The number of anilines is 1. The molecule has 1 aliphatic heterocycles. The Morgan fingerprint density at radius 3 is 1.98 bits per heavy atom. The quantitative estimate of drug-likeness (QED) is 0.299. The molecule has 0 bridgehead atoms. The summed E-state index contributed by atoms with van der Waals surface area (Å²) >= 11 is 1.14. The van der Waals surface area contributed by atoms with E-state index in [0.717, 1.165) is 16.8 Å². The van der Waals surface area contributed by atoms with Crippen LogP contribution in [0.15, 0.2) is 60.7 Å². The fourth-order valence-electron chi connectivity index (χ4n) is 4.24. The molecule has 3 amide bonds. The van der Waals surface area contributed by atoms with E-state index in [9.17, 15) is 24.3 Å². The van der Waals surface area contributed by atoms with Gasteiger partial charge in [-0.15, -0.1) is 11.8 Å². The van der Waals surface area contributed by atoms with Crippen LogP contribution in [0.4, 0.5) is 5.69 Å². The van der Waals surface area contributed by atoms with Crippen molar-refractivity contribution < 1.29 is 43.2 Å². The van der Waals surface area contributed by atoms with Gasteiger partial charge in [0.05, 0.1) is 40.1 Å². The van der Waals surface area contributed by atoms with Crippen LogP contribution >= 0.6 is 11.8 Å². The Kier molecular flexibility index (Phi) is 9.42. The second-order valence-electron chi connectivity index (χ2n) is 8.94. The minimum Gasteiger partial charge on any atom is -0.497 e. The van der Waals surface area contributed by atoms with Gasteiger partial charge in [-0.05, 0) is 54.1 Å². The van der Waals surface area contributed by atoms with Crippen LogP contribution in [-0.4, -0.2) is 67.5 Å². The Labute approximate surface area is 245 Å². The molecular weight excluding hydrogens is 566 g/mol. The minimum absolute atomic E-state index is 0.216. The molecule has 1 fully saturated rings. The van der Waals surface area contributed by atoms with Gasteiger partial charge in [0.1, 0.15) is 11.1 Å². The predicted octanol–water partition coefficient (Wildman–Crippen LogP) is 3.74. The summed E-state index contributed by atoms with van der Waals surface area (Å²) in [6, 6.07) is 16.0. The molecule has 220 valence electrons. The molecule has 0 radical (unpaired) electrons. The molecule has 1 saturated heterocycles. The van der Waals surface area contributed by atoms with Crippen LogP contribution in [0.5, 0.6) is 23.0 Å². The summed E-state index contributed by atoms with van der Waals surface area (Å²) in [6.45, 7) is 0. The van der Waals surface area contributed by atoms with Crippen molar-refractivity contribution in [2.24, 2.45) is 0 Å². The van der Waals surface area contributed by atoms with Crippen molar-refractivity contribution in [2.45, 2.75) is 17.0 Å². The Morgan fingerprint density at radius 1 is 0.833 bits per heavy atom. The second kappa shape index (κ2) is 13.2. The molecule has 1 aliphatic rings. The van der Waals surface area contributed by atoms with Crippen LogP contribution in [0.2, 0.25) is 0 Å². The lowest BCUT2D eigenvalue weighted by Gasteiger charge is -2.24. The average molecular weight is 596 g/mol. The van der Waals surface area contributed by atoms with Crippen molar-refractivity contribution in [1.29, 1.82) is 0 Å². The highest BCUT2D eigenvalue weighted by atomic mass is 32.2. The number of hydrazine groups is 1. The zero-order valence-corrected chi connectivity index (χ0v) is 24.0. The fraction of sp³-hybridized carbons (Fsp3) is 0.241. The molecule has 42 heavy (non-hydrogen) atoms. The topological polar surface area (TPSA) is 153 Å². The zero-order valence-electron chi connectivity index (χ0n) is 23.2. The van der Waals surface area contributed by atoms with E-state index in [4.69, 9.17) is 18.9 Å². The van der Waals surface area contributed by atoms with E-state index in [-0.39, 0.29) is 17.5 Å². The molecule has 2 atom stereocenters. The van der Waals surface area contributed by atoms with Gasteiger partial charge in [-0.25, -0.2) is 5.01 Å². The van der Waals surface area contributed by atoms with Crippen LogP contribution in [0, 0.1) is 0 Å². The lowest BCUT2D eigenvalue weighted by atomic mass is 10.1.